The molecule has 0 rings (SSSR count). The van der Waals surface area contributed by atoms with Crippen molar-refractivity contribution in [1.82, 2.24) is 0 Å². The van der Waals surface area contributed by atoms with Gasteiger partial charge < -0.3 is 5.11 Å². The quantitative estimate of drug-likeness (QED) is 0.108. The fourth-order valence-corrected chi connectivity index (χ4v) is 4.29. The Hall–Kier alpha value is -0.790. The number of hydrogen-bond acceptors (Lipinski definition) is 1. The highest BCUT2D eigenvalue weighted by molar-refractivity contribution is 5.66. The van der Waals surface area contributed by atoms with E-state index >= 15 is 0 Å². The number of carboxylic acid groups (broad SMARTS) is 1. The second-order valence-electron chi connectivity index (χ2n) is 9.62. The van der Waals surface area contributed by atoms with Gasteiger partial charge in [-0.1, -0.05) is 141 Å². The summed E-state index contributed by atoms with van der Waals surface area (Å²) < 4.78 is 0. The van der Waals surface area contributed by atoms with Crippen LogP contribution in [0.15, 0.2) is 12.2 Å². The molecule has 0 heterocycles. The van der Waals surface area contributed by atoms with Crippen LogP contribution in [0.3, 0.4) is 0 Å². The average molecular weight is 437 g/mol. The Morgan fingerprint density at radius 3 is 1.10 bits per heavy atom. The molecule has 0 aromatic rings. The zero-order valence-electron chi connectivity index (χ0n) is 21.2. The van der Waals surface area contributed by atoms with Gasteiger partial charge in [-0.05, 0) is 32.1 Å². The maximum atomic E-state index is 10.4. The Morgan fingerprint density at radius 2 is 0.774 bits per heavy atom. The van der Waals surface area contributed by atoms with Gasteiger partial charge in [-0.2, -0.15) is 0 Å². The summed E-state index contributed by atoms with van der Waals surface area (Å²) in [7, 11) is 0. The van der Waals surface area contributed by atoms with Gasteiger partial charge in [0.15, 0.2) is 0 Å². The van der Waals surface area contributed by atoms with Crippen molar-refractivity contribution in [1.29, 1.82) is 0 Å². The van der Waals surface area contributed by atoms with E-state index in [1.165, 1.54) is 141 Å². The van der Waals surface area contributed by atoms with Crippen molar-refractivity contribution in [2.45, 2.75) is 167 Å². The third kappa shape index (κ3) is 29.2. The summed E-state index contributed by atoms with van der Waals surface area (Å²) in [5.41, 5.74) is 0. The number of rotatable bonds is 26. The molecule has 0 fully saturated rings. The molecule has 0 aromatic carbocycles. The lowest BCUT2D eigenvalue weighted by Crippen LogP contribution is -1.93. The van der Waals surface area contributed by atoms with Gasteiger partial charge in [0.2, 0.25) is 0 Å². The number of unbranched alkanes of at least 4 members (excludes halogenated alkanes) is 22. The van der Waals surface area contributed by atoms with E-state index in [1.807, 2.05) is 0 Å². The normalized spacial score (nSPS) is 11.5. The molecule has 0 aromatic heterocycles. The first kappa shape index (κ1) is 30.2. The Labute approximate surface area is 195 Å². The minimum Gasteiger partial charge on any atom is -0.481 e. The van der Waals surface area contributed by atoms with E-state index in [0.717, 1.165) is 12.8 Å². The van der Waals surface area contributed by atoms with Gasteiger partial charge in [-0.15, -0.1) is 0 Å². The van der Waals surface area contributed by atoms with Gasteiger partial charge in [-0.3, -0.25) is 4.79 Å². The van der Waals surface area contributed by atoms with Crippen molar-refractivity contribution in [2.24, 2.45) is 0 Å². The standard InChI is InChI=1S/C29H56O2/c1-2-3-4-5-6-7-8-9-10-11-12-13-14-15-16-17-18-19-20-21-22-23-24-25-26-27-28-29(30)31/h16-17H,2-15,18-28H2,1H3,(H,30,31). The van der Waals surface area contributed by atoms with E-state index in [1.54, 1.807) is 0 Å². The highest BCUT2D eigenvalue weighted by Gasteiger charge is 1.97. The summed E-state index contributed by atoms with van der Waals surface area (Å²) >= 11 is 0. The lowest BCUT2D eigenvalue weighted by molar-refractivity contribution is -0.137. The zero-order chi connectivity index (χ0) is 22.7. The molecular formula is C29H56O2. The van der Waals surface area contributed by atoms with Crippen LogP contribution in [0.5, 0.6) is 0 Å². The Balaban J connectivity index is 3.08. The molecule has 0 unspecified atom stereocenters. The molecule has 184 valence electrons. The molecule has 0 aliphatic rings. The second-order valence-corrected chi connectivity index (χ2v) is 9.62. The first-order chi connectivity index (χ1) is 15.3. The molecular weight excluding hydrogens is 380 g/mol. The van der Waals surface area contributed by atoms with Crippen LogP contribution >= 0.6 is 0 Å². The fourth-order valence-electron chi connectivity index (χ4n) is 4.29. The maximum absolute atomic E-state index is 10.4. The van der Waals surface area contributed by atoms with Crippen LogP contribution in [0.2, 0.25) is 0 Å². The van der Waals surface area contributed by atoms with Gasteiger partial charge in [0.05, 0.1) is 0 Å². The number of aliphatic carboxylic acids is 1. The van der Waals surface area contributed by atoms with Crippen molar-refractivity contribution in [3.05, 3.63) is 12.2 Å². The zero-order valence-corrected chi connectivity index (χ0v) is 21.2. The molecule has 0 aliphatic heterocycles. The van der Waals surface area contributed by atoms with E-state index in [-0.39, 0.29) is 0 Å². The molecule has 2 nitrogen and oxygen atoms in total. The van der Waals surface area contributed by atoms with Crippen LogP contribution in [0.25, 0.3) is 0 Å². The molecule has 1 N–H and O–H groups in total. The first-order valence-electron chi connectivity index (χ1n) is 14.1. The summed E-state index contributed by atoms with van der Waals surface area (Å²) in [6.07, 6.45) is 37.5. The van der Waals surface area contributed by atoms with Crippen LogP contribution < -0.4 is 0 Å². The number of carbonyl (C=O) groups is 1. The third-order valence-corrected chi connectivity index (χ3v) is 6.40. The molecule has 0 radical (unpaired) electrons. The third-order valence-electron chi connectivity index (χ3n) is 6.40. The molecule has 0 atom stereocenters. The minimum atomic E-state index is -0.654. The second kappa shape index (κ2) is 27.2. The van der Waals surface area contributed by atoms with Crippen LogP contribution in [-0.2, 0) is 4.79 Å². The van der Waals surface area contributed by atoms with E-state index in [4.69, 9.17) is 5.11 Å². The van der Waals surface area contributed by atoms with Crippen LogP contribution in [0.1, 0.15) is 167 Å². The van der Waals surface area contributed by atoms with Gasteiger partial charge in [0, 0.05) is 6.42 Å². The maximum Gasteiger partial charge on any atom is 0.303 e. The Morgan fingerprint density at radius 1 is 0.484 bits per heavy atom. The van der Waals surface area contributed by atoms with Crippen molar-refractivity contribution in [3.8, 4) is 0 Å². The van der Waals surface area contributed by atoms with Gasteiger partial charge in [0.1, 0.15) is 0 Å². The fraction of sp³-hybridized carbons (Fsp3) is 0.897. The molecule has 0 saturated carbocycles. The molecule has 0 bridgehead atoms. The number of allylic oxidation sites excluding steroid dienone is 2. The Kier molecular flexibility index (Phi) is 26.5. The molecule has 0 saturated heterocycles. The molecule has 0 amide bonds. The lowest BCUT2D eigenvalue weighted by atomic mass is 10.0. The van der Waals surface area contributed by atoms with Crippen molar-refractivity contribution >= 4 is 5.97 Å². The van der Waals surface area contributed by atoms with Gasteiger partial charge in [0.25, 0.3) is 0 Å². The predicted octanol–water partition coefficient (Wildman–Crippen LogP) is 10.4. The average Bonchev–Trinajstić information content (AvgIpc) is 2.76. The monoisotopic (exact) mass is 436 g/mol. The molecule has 2 heteroatoms. The minimum absolute atomic E-state index is 0.340. The summed E-state index contributed by atoms with van der Waals surface area (Å²) in [4.78, 5) is 10.4. The summed E-state index contributed by atoms with van der Waals surface area (Å²) in [5.74, 6) is -0.654. The predicted molar refractivity (Wildman–Crippen MR) is 138 cm³/mol. The van der Waals surface area contributed by atoms with E-state index in [9.17, 15) is 4.79 Å². The van der Waals surface area contributed by atoms with Crippen molar-refractivity contribution < 1.29 is 9.90 Å². The van der Waals surface area contributed by atoms with Crippen LogP contribution in [0, 0.1) is 0 Å². The SMILES string of the molecule is CCCCCCCCCCCCCCCC=CCCCCCCCCCCCC(=O)O. The van der Waals surface area contributed by atoms with E-state index < -0.39 is 5.97 Å². The van der Waals surface area contributed by atoms with Crippen molar-refractivity contribution in [2.75, 3.05) is 0 Å². The van der Waals surface area contributed by atoms with Crippen LogP contribution in [0.4, 0.5) is 0 Å². The summed E-state index contributed by atoms with van der Waals surface area (Å²) in [6, 6.07) is 0. The molecule has 0 aliphatic carbocycles. The highest BCUT2D eigenvalue weighted by Crippen LogP contribution is 2.14. The molecule has 31 heavy (non-hydrogen) atoms. The lowest BCUT2D eigenvalue weighted by Gasteiger charge is -2.02. The van der Waals surface area contributed by atoms with E-state index in [0.29, 0.717) is 6.42 Å². The number of carboxylic acids is 1. The smallest absolute Gasteiger partial charge is 0.303 e. The summed E-state index contributed by atoms with van der Waals surface area (Å²) in [5, 5.41) is 8.60. The number of hydrogen-bond donors (Lipinski definition) is 1. The van der Waals surface area contributed by atoms with Crippen LogP contribution in [-0.4, -0.2) is 11.1 Å². The van der Waals surface area contributed by atoms with E-state index in [2.05, 4.69) is 19.1 Å². The summed E-state index contributed by atoms with van der Waals surface area (Å²) in [6.45, 7) is 2.29. The largest absolute Gasteiger partial charge is 0.481 e. The van der Waals surface area contributed by atoms with Gasteiger partial charge >= 0.3 is 5.97 Å². The topological polar surface area (TPSA) is 37.3 Å². The van der Waals surface area contributed by atoms with Gasteiger partial charge in [-0.25, -0.2) is 0 Å². The highest BCUT2D eigenvalue weighted by atomic mass is 16.4. The van der Waals surface area contributed by atoms with Crippen molar-refractivity contribution in [3.63, 3.8) is 0 Å². The molecule has 0 spiro atoms. The first-order valence-corrected chi connectivity index (χ1v) is 14.1. The Bertz CT molecular complexity index is 375.